The Labute approximate surface area is 283 Å². The third kappa shape index (κ3) is 11.8. The minimum atomic E-state index is -1.46. The molecule has 0 spiro atoms. The van der Waals surface area contributed by atoms with Gasteiger partial charge >= 0.3 is 18.0 Å². The molecule has 4 unspecified atom stereocenters. The van der Waals surface area contributed by atoms with Gasteiger partial charge in [0.05, 0.1) is 6.61 Å². The number of carboxylic acid groups (broad SMARTS) is 2. The monoisotopic (exact) mass is 687 g/mol. The number of hydrogen-bond acceptors (Lipinski definition) is 7. The highest BCUT2D eigenvalue weighted by molar-refractivity contribution is 6.30. The van der Waals surface area contributed by atoms with Crippen LogP contribution in [0.2, 0.25) is 5.02 Å². The van der Waals surface area contributed by atoms with Gasteiger partial charge in [0.15, 0.2) is 6.04 Å². The van der Waals surface area contributed by atoms with Crippen LogP contribution in [0.5, 0.6) is 0 Å². The molecule has 0 radical (unpaired) electrons. The van der Waals surface area contributed by atoms with Gasteiger partial charge in [0.25, 0.3) is 0 Å². The van der Waals surface area contributed by atoms with E-state index in [2.05, 4.69) is 21.3 Å². The first kappa shape index (κ1) is 37.8. The lowest BCUT2D eigenvalue weighted by atomic mass is 9.92. The standard InChI is InChI=1S/C33H42ClN5O9/c1-19(40)39-17-21(20-5-9-23(10-6-20)35-32(47)36-24-11-7-22(34)8-12-24)15-27(39)29(42)38-26(31(45)46)18-48-14-13-25(30(43)44)37-28(41)16-33(2,3)4/h5-12,21,25-27H,13-18H2,1-4H3,(H,37,41)(H,38,42)(H,43,44)(H,45,46)(H2,35,36,47). The molecular weight excluding hydrogens is 646 g/mol. The zero-order chi connectivity index (χ0) is 35.6. The van der Waals surface area contributed by atoms with Crippen LogP contribution in [0, 0.1) is 5.41 Å². The van der Waals surface area contributed by atoms with E-state index in [1.807, 2.05) is 20.8 Å². The smallest absolute Gasteiger partial charge is 0.328 e. The Kier molecular flexibility index (Phi) is 13.3. The maximum atomic E-state index is 13.3. The molecule has 2 aromatic rings. The highest BCUT2D eigenvalue weighted by Crippen LogP contribution is 2.33. The summed E-state index contributed by atoms with van der Waals surface area (Å²) in [5.41, 5.74) is 1.57. The molecule has 3 rings (SSSR count). The largest absolute Gasteiger partial charge is 0.480 e. The van der Waals surface area contributed by atoms with Gasteiger partial charge in [-0.2, -0.15) is 0 Å². The van der Waals surface area contributed by atoms with Crippen molar-refractivity contribution < 1.29 is 43.7 Å². The average Bonchev–Trinajstić information content (AvgIpc) is 3.44. The first-order valence-corrected chi connectivity index (χ1v) is 15.7. The quantitative estimate of drug-likeness (QED) is 0.160. The van der Waals surface area contributed by atoms with Crippen LogP contribution in [0.15, 0.2) is 48.5 Å². The van der Waals surface area contributed by atoms with Crippen LogP contribution in [-0.4, -0.2) is 88.7 Å². The highest BCUT2D eigenvalue weighted by atomic mass is 35.5. The molecular formula is C33H42ClN5O9. The molecule has 2 aromatic carbocycles. The number of aliphatic carboxylic acids is 2. The summed E-state index contributed by atoms with van der Waals surface area (Å²) in [4.78, 5) is 75.1. The topological polar surface area (TPSA) is 203 Å². The number of ether oxygens (including phenoxy) is 1. The molecule has 0 aliphatic carbocycles. The Bertz CT molecular complexity index is 1480. The van der Waals surface area contributed by atoms with Crippen molar-refractivity contribution in [1.29, 1.82) is 0 Å². The zero-order valence-corrected chi connectivity index (χ0v) is 28.0. The van der Waals surface area contributed by atoms with Gasteiger partial charge in [-0.05, 0) is 53.8 Å². The predicted octanol–water partition coefficient (Wildman–Crippen LogP) is 3.67. The maximum absolute atomic E-state index is 13.3. The fourth-order valence-electron chi connectivity index (χ4n) is 5.17. The van der Waals surface area contributed by atoms with E-state index in [-0.39, 0.29) is 49.7 Å². The van der Waals surface area contributed by atoms with Gasteiger partial charge in [0, 0.05) is 55.2 Å². The van der Waals surface area contributed by atoms with Gasteiger partial charge in [-0.1, -0.05) is 44.5 Å². The molecule has 1 heterocycles. The maximum Gasteiger partial charge on any atom is 0.328 e. The number of halogens is 1. The lowest BCUT2D eigenvalue weighted by Crippen LogP contribution is -2.52. The highest BCUT2D eigenvalue weighted by Gasteiger charge is 2.40. The van der Waals surface area contributed by atoms with E-state index in [1.54, 1.807) is 48.5 Å². The Morgan fingerprint density at radius 1 is 0.896 bits per heavy atom. The summed E-state index contributed by atoms with van der Waals surface area (Å²) in [6, 6.07) is 9.52. The lowest BCUT2D eigenvalue weighted by Gasteiger charge is -2.24. The lowest BCUT2D eigenvalue weighted by molar-refractivity contribution is -0.146. The number of rotatable bonds is 14. The van der Waals surface area contributed by atoms with E-state index < -0.39 is 54.5 Å². The van der Waals surface area contributed by atoms with E-state index >= 15 is 0 Å². The van der Waals surface area contributed by atoms with Crippen molar-refractivity contribution in [3.05, 3.63) is 59.1 Å². The molecule has 14 nitrogen and oxygen atoms in total. The second kappa shape index (κ2) is 16.9. The first-order chi connectivity index (χ1) is 22.5. The van der Waals surface area contributed by atoms with Crippen molar-refractivity contribution in [3.8, 4) is 0 Å². The van der Waals surface area contributed by atoms with Crippen LogP contribution in [-0.2, 0) is 28.7 Å². The van der Waals surface area contributed by atoms with E-state index in [0.717, 1.165) is 5.56 Å². The molecule has 5 amide bonds. The van der Waals surface area contributed by atoms with Crippen LogP contribution < -0.4 is 21.3 Å². The zero-order valence-electron chi connectivity index (χ0n) is 27.2. The number of benzene rings is 2. The molecule has 1 aliphatic heterocycles. The number of anilines is 2. The summed E-state index contributed by atoms with van der Waals surface area (Å²) in [6.07, 6.45) is 0.239. The van der Waals surface area contributed by atoms with Crippen LogP contribution in [0.1, 0.15) is 58.4 Å². The molecule has 260 valence electrons. The summed E-state index contributed by atoms with van der Waals surface area (Å²) >= 11 is 5.87. The molecule has 0 saturated carbocycles. The second-order valence-corrected chi connectivity index (χ2v) is 13.2. The molecule has 1 aliphatic rings. The Morgan fingerprint density at radius 2 is 1.46 bits per heavy atom. The Hall–Kier alpha value is -4.69. The van der Waals surface area contributed by atoms with Crippen LogP contribution >= 0.6 is 11.6 Å². The number of carbonyl (C=O) groups excluding carboxylic acids is 4. The van der Waals surface area contributed by atoms with E-state index in [9.17, 15) is 39.0 Å². The fourth-order valence-corrected chi connectivity index (χ4v) is 5.29. The summed E-state index contributed by atoms with van der Waals surface area (Å²) in [6.45, 7) is 6.44. The number of amides is 5. The van der Waals surface area contributed by atoms with Gasteiger partial charge in [0.2, 0.25) is 17.7 Å². The minimum Gasteiger partial charge on any atom is -0.480 e. The van der Waals surface area contributed by atoms with Crippen molar-refractivity contribution in [2.24, 2.45) is 5.41 Å². The summed E-state index contributed by atoms with van der Waals surface area (Å²) in [5, 5.41) is 30.0. The average molecular weight is 688 g/mol. The number of nitrogens with one attached hydrogen (secondary N) is 4. The number of nitrogens with zero attached hydrogens (tertiary/aromatic N) is 1. The molecule has 6 N–H and O–H groups in total. The Balaban J connectivity index is 1.54. The second-order valence-electron chi connectivity index (χ2n) is 12.8. The number of urea groups is 1. The summed E-state index contributed by atoms with van der Waals surface area (Å²) < 4.78 is 5.39. The van der Waals surface area contributed by atoms with Crippen LogP contribution in [0.4, 0.5) is 16.2 Å². The number of carboxylic acids is 2. The van der Waals surface area contributed by atoms with Gasteiger partial charge in [-0.15, -0.1) is 0 Å². The van der Waals surface area contributed by atoms with Crippen molar-refractivity contribution >= 4 is 58.7 Å². The van der Waals surface area contributed by atoms with Crippen molar-refractivity contribution in [1.82, 2.24) is 15.5 Å². The van der Waals surface area contributed by atoms with Gasteiger partial charge < -0.3 is 41.1 Å². The van der Waals surface area contributed by atoms with E-state index in [4.69, 9.17) is 16.3 Å². The normalized spacial score (nSPS) is 17.1. The molecule has 0 aromatic heterocycles. The third-order valence-electron chi connectivity index (χ3n) is 7.52. The Morgan fingerprint density at radius 3 is 1.98 bits per heavy atom. The minimum absolute atomic E-state index is 0.116. The molecule has 48 heavy (non-hydrogen) atoms. The number of hydrogen-bond donors (Lipinski definition) is 6. The molecule has 1 fully saturated rings. The van der Waals surface area contributed by atoms with Crippen LogP contribution in [0.25, 0.3) is 0 Å². The molecule has 4 atom stereocenters. The van der Waals surface area contributed by atoms with Gasteiger partial charge in [-0.3, -0.25) is 14.4 Å². The third-order valence-corrected chi connectivity index (χ3v) is 7.78. The molecule has 1 saturated heterocycles. The summed E-state index contributed by atoms with van der Waals surface area (Å²) in [5.74, 6) is -4.31. The van der Waals surface area contributed by atoms with Crippen molar-refractivity contribution in [2.45, 2.75) is 71.0 Å². The van der Waals surface area contributed by atoms with Crippen molar-refractivity contribution in [2.75, 3.05) is 30.4 Å². The number of carbonyl (C=O) groups is 6. The number of likely N-dealkylation sites (tertiary alicyclic amines) is 1. The van der Waals surface area contributed by atoms with Crippen molar-refractivity contribution in [3.63, 3.8) is 0 Å². The molecule has 15 heteroatoms. The first-order valence-electron chi connectivity index (χ1n) is 15.4. The van der Waals surface area contributed by atoms with Crippen LogP contribution in [0.3, 0.4) is 0 Å². The van der Waals surface area contributed by atoms with Gasteiger partial charge in [-0.25, -0.2) is 14.4 Å². The fraction of sp³-hybridized carbons (Fsp3) is 0.455. The molecule has 0 bridgehead atoms. The predicted molar refractivity (Wildman–Crippen MR) is 178 cm³/mol. The van der Waals surface area contributed by atoms with E-state index in [1.165, 1.54) is 11.8 Å². The van der Waals surface area contributed by atoms with E-state index in [0.29, 0.717) is 16.4 Å². The SMILES string of the molecule is CC(=O)N1CC(c2ccc(NC(=O)Nc3ccc(Cl)cc3)cc2)CC1C(=O)NC(COCCC(NC(=O)CC(C)(C)C)C(=O)O)C(=O)O. The summed E-state index contributed by atoms with van der Waals surface area (Å²) in [7, 11) is 0. The van der Waals surface area contributed by atoms with Gasteiger partial charge in [0.1, 0.15) is 12.1 Å².